The maximum atomic E-state index is 12.7. The lowest BCUT2D eigenvalue weighted by molar-refractivity contribution is -0.119. The number of ether oxygens (including phenoxy) is 1. The van der Waals surface area contributed by atoms with Crippen LogP contribution in [-0.2, 0) is 19.6 Å². The van der Waals surface area contributed by atoms with E-state index < -0.39 is 28.5 Å². The second-order valence-corrected chi connectivity index (χ2v) is 9.81. The van der Waals surface area contributed by atoms with Gasteiger partial charge < -0.3 is 10.1 Å². The van der Waals surface area contributed by atoms with Gasteiger partial charge in [-0.2, -0.15) is 5.10 Å². The molecule has 1 aromatic heterocycles. The Kier molecular flexibility index (Phi) is 6.99. The number of anilines is 1. The van der Waals surface area contributed by atoms with E-state index >= 15 is 0 Å². The quantitative estimate of drug-likeness (QED) is 0.532. The van der Waals surface area contributed by atoms with Crippen molar-refractivity contribution in [2.75, 3.05) is 26.0 Å². The van der Waals surface area contributed by atoms with Gasteiger partial charge in [0.2, 0.25) is 10.0 Å². The summed E-state index contributed by atoms with van der Waals surface area (Å²) < 4.78 is 32.9. The second kappa shape index (κ2) is 9.55. The molecule has 10 heteroatoms. The molecule has 0 saturated heterocycles. The molecule has 0 spiro atoms. The van der Waals surface area contributed by atoms with Gasteiger partial charge >= 0.3 is 5.97 Å². The van der Waals surface area contributed by atoms with Crippen molar-refractivity contribution in [2.24, 2.45) is 0 Å². The molecule has 33 heavy (non-hydrogen) atoms. The molecule has 1 N–H and O–H groups in total. The van der Waals surface area contributed by atoms with Crippen LogP contribution in [0.15, 0.2) is 53.4 Å². The van der Waals surface area contributed by atoms with E-state index in [1.165, 1.54) is 20.2 Å². The monoisotopic (exact) mass is 470 g/mol. The zero-order valence-electron chi connectivity index (χ0n) is 19.1. The highest BCUT2D eigenvalue weighted by Gasteiger charge is 2.23. The number of nitrogens with zero attached hydrogens (tertiary/aromatic N) is 3. The molecule has 1 amide bonds. The average molecular weight is 471 g/mol. The van der Waals surface area contributed by atoms with Gasteiger partial charge in [0.15, 0.2) is 6.61 Å². The van der Waals surface area contributed by atoms with Gasteiger partial charge in [-0.05, 0) is 50.6 Å². The van der Waals surface area contributed by atoms with Gasteiger partial charge in [0.1, 0.15) is 5.56 Å². The molecule has 0 saturated carbocycles. The molecule has 0 bridgehead atoms. The number of nitrogens with one attached hydrogen (secondary N) is 1. The maximum Gasteiger partial charge on any atom is 0.342 e. The number of hydrogen-bond acceptors (Lipinski definition) is 6. The van der Waals surface area contributed by atoms with Gasteiger partial charge in [-0.15, -0.1) is 0 Å². The first-order chi connectivity index (χ1) is 15.5. The predicted molar refractivity (Wildman–Crippen MR) is 124 cm³/mol. The van der Waals surface area contributed by atoms with Gasteiger partial charge in [-0.25, -0.2) is 22.2 Å². The van der Waals surface area contributed by atoms with E-state index in [0.29, 0.717) is 22.5 Å². The Morgan fingerprint density at radius 2 is 1.73 bits per heavy atom. The first-order valence-corrected chi connectivity index (χ1v) is 11.6. The van der Waals surface area contributed by atoms with Crippen molar-refractivity contribution in [1.82, 2.24) is 14.1 Å². The summed E-state index contributed by atoms with van der Waals surface area (Å²) in [6.45, 7) is 4.59. The van der Waals surface area contributed by atoms with Crippen molar-refractivity contribution in [3.05, 3.63) is 71.0 Å². The highest BCUT2D eigenvalue weighted by molar-refractivity contribution is 7.89. The van der Waals surface area contributed by atoms with Crippen molar-refractivity contribution in [3.8, 4) is 5.69 Å². The van der Waals surface area contributed by atoms with Crippen LogP contribution >= 0.6 is 0 Å². The molecule has 0 aliphatic rings. The van der Waals surface area contributed by atoms with Crippen LogP contribution in [-0.4, -0.2) is 55.1 Å². The van der Waals surface area contributed by atoms with Gasteiger partial charge in [0.05, 0.1) is 22.0 Å². The summed E-state index contributed by atoms with van der Waals surface area (Å²) in [5.41, 5.74) is 3.01. The summed E-state index contributed by atoms with van der Waals surface area (Å²) in [6.07, 6.45) is 0. The lowest BCUT2D eigenvalue weighted by Crippen LogP contribution is -2.24. The van der Waals surface area contributed by atoms with E-state index in [4.69, 9.17) is 4.74 Å². The fraction of sp³-hybridized carbons (Fsp3) is 0.261. The number of rotatable bonds is 7. The summed E-state index contributed by atoms with van der Waals surface area (Å²) >= 11 is 0. The Hall–Kier alpha value is -3.50. The fourth-order valence-corrected chi connectivity index (χ4v) is 4.46. The van der Waals surface area contributed by atoms with E-state index in [2.05, 4.69) is 10.4 Å². The van der Waals surface area contributed by atoms with E-state index in [1.54, 1.807) is 37.6 Å². The molecular formula is C23H26N4O5S. The topological polar surface area (TPSA) is 111 Å². The molecule has 2 aromatic carbocycles. The van der Waals surface area contributed by atoms with Gasteiger partial charge in [-0.3, -0.25) is 4.79 Å². The van der Waals surface area contributed by atoms with Crippen LogP contribution < -0.4 is 5.32 Å². The third kappa shape index (κ3) is 5.12. The minimum atomic E-state index is -3.67. The van der Waals surface area contributed by atoms with Gasteiger partial charge in [-0.1, -0.05) is 24.3 Å². The minimum absolute atomic E-state index is 0.0851. The Morgan fingerprint density at radius 3 is 2.36 bits per heavy atom. The normalized spacial score (nSPS) is 11.5. The number of aromatic nitrogens is 2. The Morgan fingerprint density at radius 1 is 1.06 bits per heavy atom. The van der Waals surface area contributed by atoms with Crippen LogP contribution in [0, 0.1) is 20.8 Å². The molecule has 0 atom stereocenters. The van der Waals surface area contributed by atoms with Crippen LogP contribution in [0.1, 0.15) is 27.3 Å². The van der Waals surface area contributed by atoms with Crippen molar-refractivity contribution in [3.63, 3.8) is 0 Å². The first kappa shape index (κ1) is 24.1. The number of benzene rings is 2. The van der Waals surface area contributed by atoms with Crippen molar-refractivity contribution in [2.45, 2.75) is 25.7 Å². The molecule has 0 unspecified atom stereocenters. The third-order valence-corrected chi connectivity index (χ3v) is 7.02. The van der Waals surface area contributed by atoms with E-state index in [9.17, 15) is 18.0 Å². The Bertz CT molecular complexity index is 1300. The van der Waals surface area contributed by atoms with Crippen LogP contribution in [0.25, 0.3) is 5.69 Å². The summed E-state index contributed by atoms with van der Waals surface area (Å²) in [4.78, 5) is 25.1. The van der Waals surface area contributed by atoms with Crippen molar-refractivity contribution < 1.29 is 22.7 Å². The van der Waals surface area contributed by atoms with Crippen LogP contribution in [0.2, 0.25) is 0 Å². The number of carbonyl (C=O) groups excluding carboxylic acids is 2. The highest BCUT2D eigenvalue weighted by Crippen LogP contribution is 2.23. The van der Waals surface area contributed by atoms with Crippen LogP contribution in [0.4, 0.5) is 5.69 Å². The lowest BCUT2D eigenvalue weighted by atomic mass is 10.2. The number of aryl methyl sites for hydroxylation is 2. The molecule has 174 valence electrons. The largest absolute Gasteiger partial charge is 0.452 e. The number of carbonyl (C=O) groups is 2. The highest BCUT2D eigenvalue weighted by atomic mass is 32.2. The molecule has 0 fully saturated rings. The van der Waals surface area contributed by atoms with E-state index in [0.717, 1.165) is 9.99 Å². The van der Waals surface area contributed by atoms with Crippen molar-refractivity contribution >= 4 is 27.6 Å². The number of esters is 1. The maximum absolute atomic E-state index is 12.7. The number of hydrogen-bond donors (Lipinski definition) is 1. The molecule has 9 nitrogen and oxygen atoms in total. The lowest BCUT2D eigenvalue weighted by Gasteiger charge is -2.15. The first-order valence-electron chi connectivity index (χ1n) is 10.1. The van der Waals surface area contributed by atoms with Crippen LogP contribution in [0.3, 0.4) is 0 Å². The summed E-state index contributed by atoms with van der Waals surface area (Å²) in [5, 5.41) is 6.97. The average Bonchev–Trinajstić information content (AvgIpc) is 3.07. The van der Waals surface area contributed by atoms with E-state index in [1.807, 2.05) is 30.3 Å². The molecule has 0 aliphatic heterocycles. The van der Waals surface area contributed by atoms with Crippen LogP contribution in [0.5, 0.6) is 0 Å². The Balaban J connectivity index is 1.70. The van der Waals surface area contributed by atoms with Crippen molar-refractivity contribution in [1.29, 1.82) is 0 Å². The summed E-state index contributed by atoms with van der Waals surface area (Å²) in [5.74, 6) is -1.26. The second-order valence-electron chi connectivity index (χ2n) is 7.69. The zero-order chi connectivity index (χ0) is 24.3. The molecule has 0 aliphatic carbocycles. The number of para-hydroxylation sites is 1. The zero-order valence-corrected chi connectivity index (χ0v) is 19.9. The molecular weight excluding hydrogens is 444 g/mol. The molecule has 3 aromatic rings. The summed E-state index contributed by atoms with van der Waals surface area (Å²) in [7, 11) is -0.803. The standard InChI is InChI=1S/C23H26N4O5S/c1-15-11-12-18(13-20(15)33(30,31)26(4)5)24-21(28)14-32-23(29)22-16(2)25-27(17(22)3)19-9-7-6-8-10-19/h6-13H,14H2,1-5H3,(H,24,28). The molecule has 0 radical (unpaired) electrons. The molecule has 3 rings (SSSR count). The fourth-order valence-electron chi connectivity index (χ4n) is 3.31. The van der Waals surface area contributed by atoms with Gasteiger partial charge in [0.25, 0.3) is 5.91 Å². The SMILES string of the molecule is Cc1ccc(NC(=O)COC(=O)c2c(C)nn(-c3ccccc3)c2C)cc1S(=O)(=O)N(C)C. The van der Waals surface area contributed by atoms with Gasteiger partial charge in [0, 0.05) is 19.8 Å². The predicted octanol–water partition coefficient (Wildman–Crippen LogP) is 2.84. The Labute approximate surface area is 193 Å². The molecule has 1 heterocycles. The number of amides is 1. The smallest absolute Gasteiger partial charge is 0.342 e. The van der Waals surface area contributed by atoms with E-state index in [-0.39, 0.29) is 10.6 Å². The third-order valence-electron chi connectivity index (χ3n) is 5.06. The minimum Gasteiger partial charge on any atom is -0.452 e. The summed E-state index contributed by atoms with van der Waals surface area (Å²) in [6, 6.07) is 13.9. The number of sulfonamides is 1.